The van der Waals surface area contributed by atoms with Crippen molar-refractivity contribution >= 4 is 22.6 Å². The van der Waals surface area contributed by atoms with E-state index in [2.05, 4.69) is 4.98 Å². The Balaban J connectivity index is 2.33. The van der Waals surface area contributed by atoms with Crippen molar-refractivity contribution in [3.63, 3.8) is 0 Å². The van der Waals surface area contributed by atoms with E-state index in [1.54, 1.807) is 24.3 Å². The summed E-state index contributed by atoms with van der Waals surface area (Å²) in [5.41, 5.74) is -1.13. The Morgan fingerprint density at radius 3 is 2.33 bits per heavy atom. The fourth-order valence-corrected chi connectivity index (χ4v) is 2.34. The highest BCUT2D eigenvalue weighted by Gasteiger charge is 2.33. The van der Waals surface area contributed by atoms with E-state index in [1.165, 1.54) is 16.7 Å². The Labute approximate surface area is 121 Å². The van der Waals surface area contributed by atoms with Gasteiger partial charge in [-0.2, -0.15) is 13.2 Å². The Bertz CT molecular complexity index is 863. The van der Waals surface area contributed by atoms with E-state index < -0.39 is 17.4 Å². The maximum absolute atomic E-state index is 13.0. The van der Waals surface area contributed by atoms with E-state index in [4.69, 9.17) is 11.6 Å². The van der Waals surface area contributed by atoms with Gasteiger partial charge in [-0.3, -0.25) is 4.57 Å². The van der Waals surface area contributed by atoms with Crippen LogP contribution in [-0.4, -0.2) is 9.55 Å². The lowest BCUT2D eigenvalue weighted by Gasteiger charge is -2.08. The van der Waals surface area contributed by atoms with Crippen LogP contribution in [-0.2, 0) is 6.18 Å². The summed E-state index contributed by atoms with van der Waals surface area (Å²) in [4.78, 5) is 14.3. The number of H-pyrrole nitrogens is 1. The fourth-order valence-electron chi connectivity index (χ4n) is 2.21. The molecule has 0 aliphatic carbocycles. The smallest absolute Gasteiger partial charge is 0.305 e. The van der Waals surface area contributed by atoms with Crippen molar-refractivity contribution in [3.05, 3.63) is 63.5 Å². The van der Waals surface area contributed by atoms with Gasteiger partial charge in [-0.25, -0.2) is 4.79 Å². The van der Waals surface area contributed by atoms with Crippen LogP contribution in [0.3, 0.4) is 0 Å². The van der Waals surface area contributed by atoms with Gasteiger partial charge in [0.15, 0.2) is 0 Å². The molecule has 7 heteroatoms. The molecule has 3 nitrogen and oxygen atoms in total. The number of rotatable bonds is 1. The molecule has 2 aromatic carbocycles. The van der Waals surface area contributed by atoms with Gasteiger partial charge >= 0.3 is 11.9 Å². The van der Waals surface area contributed by atoms with E-state index >= 15 is 0 Å². The van der Waals surface area contributed by atoms with E-state index in [9.17, 15) is 18.0 Å². The molecule has 1 N–H and O–H groups in total. The fraction of sp³-hybridized carbons (Fsp3) is 0.0714. The molecule has 0 saturated carbocycles. The number of aromatic amines is 1. The van der Waals surface area contributed by atoms with E-state index in [-0.39, 0.29) is 11.0 Å². The molecule has 3 rings (SSSR count). The summed E-state index contributed by atoms with van der Waals surface area (Å²) in [5, 5.41) is 0.475. The number of nitrogens with one attached hydrogen (secondary N) is 1. The number of hydrogen-bond acceptors (Lipinski definition) is 1. The first-order valence-electron chi connectivity index (χ1n) is 5.95. The van der Waals surface area contributed by atoms with Crippen molar-refractivity contribution < 1.29 is 13.2 Å². The number of halogens is 4. The third-order valence-electron chi connectivity index (χ3n) is 3.11. The molecular formula is C14H8ClF3N2O. The van der Waals surface area contributed by atoms with Crippen LogP contribution in [0.15, 0.2) is 47.3 Å². The van der Waals surface area contributed by atoms with Crippen LogP contribution in [0.4, 0.5) is 13.2 Å². The summed E-state index contributed by atoms with van der Waals surface area (Å²) in [5.74, 6) is 0. The van der Waals surface area contributed by atoms with Crippen molar-refractivity contribution in [3.8, 4) is 5.69 Å². The minimum absolute atomic E-state index is 0.164. The van der Waals surface area contributed by atoms with Crippen LogP contribution in [0.5, 0.6) is 0 Å². The Hall–Kier alpha value is -2.21. The van der Waals surface area contributed by atoms with Crippen LogP contribution in [0.1, 0.15) is 5.56 Å². The molecule has 0 unspecified atom stereocenters. The summed E-state index contributed by atoms with van der Waals surface area (Å²) in [6, 6.07) is 9.92. The van der Waals surface area contributed by atoms with Gasteiger partial charge in [-0.15, -0.1) is 0 Å². The van der Waals surface area contributed by atoms with Crippen LogP contribution in [0, 0.1) is 0 Å². The topological polar surface area (TPSA) is 37.8 Å². The zero-order chi connectivity index (χ0) is 15.2. The van der Waals surface area contributed by atoms with Crippen molar-refractivity contribution in [1.82, 2.24) is 9.55 Å². The van der Waals surface area contributed by atoms with E-state index in [0.29, 0.717) is 10.7 Å². The van der Waals surface area contributed by atoms with Crippen molar-refractivity contribution in [2.75, 3.05) is 0 Å². The number of para-hydroxylation sites is 1. The molecule has 1 aromatic heterocycles. The second kappa shape index (κ2) is 4.66. The maximum Gasteiger partial charge on any atom is 0.418 e. The molecule has 0 saturated heterocycles. The average molecular weight is 313 g/mol. The number of benzene rings is 2. The number of aromatic nitrogens is 2. The highest BCUT2D eigenvalue weighted by Crippen LogP contribution is 2.33. The molecule has 1 heterocycles. The average Bonchev–Trinajstić information content (AvgIpc) is 2.74. The summed E-state index contributed by atoms with van der Waals surface area (Å²) < 4.78 is 40.1. The molecule has 0 atom stereocenters. The van der Waals surface area contributed by atoms with Crippen molar-refractivity contribution in [1.29, 1.82) is 0 Å². The summed E-state index contributed by atoms with van der Waals surface area (Å²) in [6.45, 7) is 0. The SMILES string of the molecule is O=c1[nH]c2c(C(F)(F)F)cccc2n1-c1ccc(Cl)cc1. The first-order chi connectivity index (χ1) is 9.88. The lowest BCUT2D eigenvalue weighted by molar-refractivity contribution is -0.136. The Kier molecular flexibility index (Phi) is 3.06. The highest BCUT2D eigenvalue weighted by atomic mass is 35.5. The zero-order valence-electron chi connectivity index (χ0n) is 10.4. The van der Waals surface area contributed by atoms with Gasteiger partial charge in [0.1, 0.15) is 0 Å². The van der Waals surface area contributed by atoms with Gasteiger partial charge in [0, 0.05) is 5.02 Å². The number of nitrogens with zero attached hydrogens (tertiary/aromatic N) is 1. The van der Waals surface area contributed by atoms with Crippen molar-refractivity contribution in [2.45, 2.75) is 6.18 Å². The monoisotopic (exact) mass is 312 g/mol. The van der Waals surface area contributed by atoms with Gasteiger partial charge in [0.05, 0.1) is 22.3 Å². The first-order valence-corrected chi connectivity index (χ1v) is 6.32. The quantitative estimate of drug-likeness (QED) is 0.725. The molecule has 21 heavy (non-hydrogen) atoms. The highest BCUT2D eigenvalue weighted by molar-refractivity contribution is 6.30. The Morgan fingerprint density at radius 1 is 1.05 bits per heavy atom. The standard InChI is InChI=1S/C14H8ClF3N2O/c15-8-4-6-9(7-5-8)20-11-3-1-2-10(14(16,17)18)12(11)19-13(20)21/h1-7H,(H,19,21). The third-order valence-corrected chi connectivity index (χ3v) is 3.36. The predicted octanol–water partition coefficient (Wildman–Crippen LogP) is 3.99. The second-order valence-corrected chi connectivity index (χ2v) is 4.88. The van der Waals surface area contributed by atoms with Crippen LogP contribution < -0.4 is 5.69 Å². The van der Waals surface area contributed by atoms with Crippen LogP contribution in [0.2, 0.25) is 5.02 Å². The van der Waals surface area contributed by atoms with E-state index in [1.807, 2.05) is 0 Å². The van der Waals surface area contributed by atoms with E-state index in [0.717, 1.165) is 6.07 Å². The summed E-state index contributed by atoms with van der Waals surface area (Å²) in [6.07, 6.45) is -4.53. The first kappa shape index (κ1) is 13.8. The number of imidazole rings is 1. The van der Waals surface area contributed by atoms with Gasteiger partial charge in [-0.05, 0) is 36.4 Å². The molecule has 0 radical (unpaired) electrons. The van der Waals surface area contributed by atoms with Gasteiger partial charge < -0.3 is 4.98 Å². The second-order valence-electron chi connectivity index (χ2n) is 4.44. The molecule has 0 amide bonds. The summed E-state index contributed by atoms with van der Waals surface area (Å²) >= 11 is 5.77. The lowest BCUT2D eigenvalue weighted by Crippen LogP contribution is -2.14. The molecular weight excluding hydrogens is 305 g/mol. The zero-order valence-corrected chi connectivity index (χ0v) is 11.2. The normalized spacial score (nSPS) is 12.0. The minimum atomic E-state index is -4.53. The van der Waals surface area contributed by atoms with Gasteiger partial charge in [0.2, 0.25) is 0 Å². The lowest BCUT2D eigenvalue weighted by atomic mass is 10.1. The third kappa shape index (κ3) is 2.31. The minimum Gasteiger partial charge on any atom is -0.305 e. The molecule has 3 aromatic rings. The Morgan fingerprint density at radius 2 is 1.71 bits per heavy atom. The number of alkyl halides is 3. The molecule has 0 aliphatic rings. The largest absolute Gasteiger partial charge is 0.418 e. The van der Waals surface area contributed by atoms with Crippen LogP contribution >= 0.6 is 11.6 Å². The molecule has 108 valence electrons. The molecule has 0 spiro atoms. The summed E-state index contributed by atoms with van der Waals surface area (Å²) in [7, 11) is 0. The maximum atomic E-state index is 13.0. The number of hydrogen-bond donors (Lipinski definition) is 1. The van der Waals surface area contributed by atoms with Gasteiger partial charge in [-0.1, -0.05) is 17.7 Å². The van der Waals surface area contributed by atoms with Crippen molar-refractivity contribution in [2.24, 2.45) is 0 Å². The predicted molar refractivity (Wildman–Crippen MR) is 73.9 cm³/mol. The molecule has 0 aliphatic heterocycles. The molecule has 0 fully saturated rings. The van der Waals surface area contributed by atoms with Gasteiger partial charge in [0.25, 0.3) is 0 Å². The molecule has 0 bridgehead atoms. The van der Waals surface area contributed by atoms with Crippen LogP contribution in [0.25, 0.3) is 16.7 Å². The number of fused-ring (bicyclic) bond motifs is 1.